The van der Waals surface area contributed by atoms with E-state index in [0.29, 0.717) is 0 Å². The van der Waals surface area contributed by atoms with E-state index >= 15 is 0 Å². The van der Waals surface area contributed by atoms with Crippen LogP contribution in [0.15, 0.2) is 31.8 Å². The number of rotatable bonds is 20. The second-order valence-electron chi connectivity index (χ2n) is 10.4. The molecular weight excluding hydrogens is 640 g/mol. The Morgan fingerprint density at radius 3 is 1.14 bits per heavy atom. The van der Waals surface area contributed by atoms with Gasteiger partial charge in [-0.15, -0.1) is 34.0 Å². The van der Waals surface area contributed by atoms with Gasteiger partial charge in [0.2, 0.25) is 0 Å². The highest BCUT2D eigenvalue weighted by Crippen LogP contribution is 2.48. The third-order valence-corrected chi connectivity index (χ3v) is 12.2. The molecule has 206 valence electrons. The maximum absolute atomic E-state index is 3.73. The zero-order valence-corrected chi connectivity index (χ0v) is 28.6. The Kier molecular flexibility index (Phi) is 15.7. The molecule has 0 aliphatic rings. The molecule has 0 saturated carbocycles. The molecule has 0 unspecified atom stereocenters. The van der Waals surface area contributed by atoms with Gasteiger partial charge in [0.15, 0.2) is 0 Å². The van der Waals surface area contributed by atoms with E-state index in [9.17, 15) is 0 Å². The summed E-state index contributed by atoms with van der Waals surface area (Å²) in [6.45, 7) is 4.61. The van der Waals surface area contributed by atoms with E-state index in [2.05, 4.69) is 81.3 Å². The third kappa shape index (κ3) is 10.9. The lowest BCUT2D eigenvalue weighted by molar-refractivity contribution is 0.571. The van der Waals surface area contributed by atoms with Crippen molar-refractivity contribution in [1.82, 2.24) is 0 Å². The first-order chi connectivity index (χ1) is 18.1. The lowest BCUT2D eigenvalue weighted by Crippen LogP contribution is -1.95. The average Bonchev–Trinajstić information content (AvgIpc) is 3.61. The van der Waals surface area contributed by atoms with E-state index in [-0.39, 0.29) is 0 Å². The van der Waals surface area contributed by atoms with E-state index in [0.717, 1.165) is 0 Å². The van der Waals surface area contributed by atoms with Gasteiger partial charge in [0.1, 0.15) is 0 Å². The van der Waals surface area contributed by atoms with Crippen LogP contribution >= 0.6 is 65.9 Å². The Morgan fingerprint density at radius 2 is 0.811 bits per heavy atom. The summed E-state index contributed by atoms with van der Waals surface area (Å²) in [6.07, 6.45) is 24.6. The second-order valence-corrected chi connectivity index (χ2v) is 16.3. The number of thiophene rings is 3. The molecular formula is C32H46Br2S3. The summed E-state index contributed by atoms with van der Waals surface area (Å²) in [4.78, 5) is 5.94. The Hall–Kier alpha value is 0.0600. The van der Waals surface area contributed by atoms with Crippen LogP contribution in [0.25, 0.3) is 19.5 Å². The van der Waals surface area contributed by atoms with Crippen molar-refractivity contribution in [2.45, 2.75) is 129 Å². The van der Waals surface area contributed by atoms with Crippen molar-refractivity contribution in [3.63, 3.8) is 0 Å². The van der Waals surface area contributed by atoms with Crippen LogP contribution in [0.3, 0.4) is 0 Å². The Balaban J connectivity index is 1.72. The molecule has 0 amide bonds. The molecule has 0 bridgehead atoms. The molecule has 0 fully saturated rings. The molecule has 3 heterocycles. The number of unbranched alkanes of at least 4 members (excludes halogenated alkanes) is 14. The van der Waals surface area contributed by atoms with Crippen LogP contribution < -0.4 is 0 Å². The predicted molar refractivity (Wildman–Crippen MR) is 179 cm³/mol. The van der Waals surface area contributed by atoms with E-state index < -0.39 is 0 Å². The molecule has 0 nitrogen and oxygen atoms in total. The summed E-state index contributed by atoms with van der Waals surface area (Å²) >= 11 is 13.3. The quantitative estimate of drug-likeness (QED) is 0.104. The largest absolute Gasteiger partial charge is 0.133 e. The Morgan fingerprint density at radius 1 is 0.459 bits per heavy atom. The fourth-order valence-electron chi connectivity index (χ4n) is 5.17. The molecule has 0 N–H and O–H groups in total. The summed E-state index contributed by atoms with van der Waals surface area (Å²) in [5.41, 5.74) is 3.32. The first kappa shape index (κ1) is 31.6. The summed E-state index contributed by atoms with van der Waals surface area (Å²) < 4.78 is 2.47. The van der Waals surface area contributed by atoms with E-state index in [1.165, 1.54) is 143 Å². The molecule has 0 aliphatic heterocycles. The average molecular weight is 687 g/mol. The summed E-state index contributed by atoms with van der Waals surface area (Å²) in [5, 5.41) is 0. The highest BCUT2D eigenvalue weighted by atomic mass is 79.9. The van der Waals surface area contributed by atoms with Crippen molar-refractivity contribution in [3.05, 3.63) is 43.0 Å². The summed E-state index contributed by atoms with van der Waals surface area (Å²) in [7, 11) is 0. The van der Waals surface area contributed by atoms with Gasteiger partial charge in [-0.2, -0.15) is 0 Å². The first-order valence-corrected chi connectivity index (χ1v) is 18.8. The lowest BCUT2D eigenvalue weighted by Gasteiger charge is -2.10. The van der Waals surface area contributed by atoms with Gasteiger partial charge in [-0.25, -0.2) is 0 Å². The fraction of sp³-hybridized carbons (Fsp3) is 0.625. The summed E-state index contributed by atoms with van der Waals surface area (Å²) in [6, 6.07) is 9.09. The summed E-state index contributed by atoms with van der Waals surface area (Å²) in [5.74, 6) is 0. The van der Waals surface area contributed by atoms with Gasteiger partial charge in [0, 0.05) is 19.5 Å². The van der Waals surface area contributed by atoms with Crippen molar-refractivity contribution in [2.75, 3.05) is 0 Å². The van der Waals surface area contributed by atoms with Crippen LogP contribution in [0.5, 0.6) is 0 Å². The van der Waals surface area contributed by atoms with Crippen molar-refractivity contribution in [3.8, 4) is 19.5 Å². The van der Waals surface area contributed by atoms with E-state index in [1.54, 1.807) is 11.1 Å². The minimum absolute atomic E-state index is 1.23. The molecule has 0 atom stereocenters. The molecule has 0 aromatic carbocycles. The molecule has 37 heavy (non-hydrogen) atoms. The highest BCUT2D eigenvalue weighted by molar-refractivity contribution is 9.11. The Bertz CT molecular complexity index is 935. The maximum atomic E-state index is 3.73. The lowest BCUT2D eigenvalue weighted by atomic mass is 9.95. The highest BCUT2D eigenvalue weighted by Gasteiger charge is 2.22. The van der Waals surface area contributed by atoms with Gasteiger partial charge in [-0.05, 0) is 92.9 Å². The first-order valence-electron chi connectivity index (χ1n) is 14.8. The van der Waals surface area contributed by atoms with Crippen molar-refractivity contribution in [2.24, 2.45) is 0 Å². The van der Waals surface area contributed by atoms with Crippen LogP contribution in [0.1, 0.15) is 128 Å². The van der Waals surface area contributed by atoms with Gasteiger partial charge in [-0.1, -0.05) is 104 Å². The molecule has 0 radical (unpaired) electrons. The number of halogens is 2. The minimum atomic E-state index is 1.23. The van der Waals surface area contributed by atoms with Gasteiger partial charge < -0.3 is 0 Å². The predicted octanol–water partition coefficient (Wildman–Crippen LogP) is 14.1. The van der Waals surface area contributed by atoms with Gasteiger partial charge in [0.05, 0.1) is 7.57 Å². The van der Waals surface area contributed by atoms with E-state index in [4.69, 9.17) is 0 Å². The van der Waals surface area contributed by atoms with Crippen molar-refractivity contribution in [1.29, 1.82) is 0 Å². The number of hydrogen-bond acceptors (Lipinski definition) is 3. The van der Waals surface area contributed by atoms with Crippen molar-refractivity contribution >= 4 is 65.9 Å². The molecule has 5 heteroatoms. The zero-order chi connectivity index (χ0) is 26.3. The maximum Gasteiger partial charge on any atom is 0.0705 e. The second kappa shape index (κ2) is 18.4. The molecule has 0 saturated heterocycles. The zero-order valence-electron chi connectivity index (χ0n) is 23.0. The van der Waals surface area contributed by atoms with Crippen molar-refractivity contribution < 1.29 is 0 Å². The van der Waals surface area contributed by atoms with Crippen LogP contribution in [0.2, 0.25) is 0 Å². The smallest absolute Gasteiger partial charge is 0.0705 e. The molecule has 3 aromatic rings. The molecule has 3 aromatic heterocycles. The topological polar surface area (TPSA) is 0 Å². The Labute approximate surface area is 256 Å². The van der Waals surface area contributed by atoms with Crippen LogP contribution in [-0.4, -0.2) is 0 Å². The SMILES string of the molecule is CCCCCCCCCCc1c(-c2ccc(Br)s2)sc(-c2ccc(Br)s2)c1CCCCCCCCCC. The minimum Gasteiger partial charge on any atom is -0.133 e. The third-order valence-electron chi connectivity index (χ3n) is 7.27. The van der Waals surface area contributed by atoms with Crippen LogP contribution in [0, 0.1) is 0 Å². The fourth-order valence-corrected chi connectivity index (χ4v) is 9.62. The van der Waals surface area contributed by atoms with Crippen LogP contribution in [0.4, 0.5) is 0 Å². The standard InChI is InChI=1S/C32H46Br2S3/c1-3-5-7-9-11-13-15-17-19-25-26(20-18-16-14-12-10-8-6-4-2)32(28-22-24-30(34)36-28)37-31(25)27-21-23-29(33)35-27/h21-24H,3-20H2,1-2H3. The molecule has 0 spiro atoms. The normalized spacial score (nSPS) is 11.6. The van der Waals surface area contributed by atoms with Gasteiger partial charge in [-0.3, -0.25) is 0 Å². The van der Waals surface area contributed by atoms with E-state index in [1.807, 2.05) is 22.7 Å². The number of hydrogen-bond donors (Lipinski definition) is 0. The van der Waals surface area contributed by atoms with Gasteiger partial charge >= 0.3 is 0 Å². The monoisotopic (exact) mass is 684 g/mol. The van der Waals surface area contributed by atoms with Crippen LogP contribution in [-0.2, 0) is 12.8 Å². The van der Waals surface area contributed by atoms with Gasteiger partial charge in [0.25, 0.3) is 0 Å². The molecule has 0 aliphatic carbocycles. The molecule has 3 rings (SSSR count).